The molecule has 3 atom stereocenters. The van der Waals surface area contributed by atoms with Crippen molar-refractivity contribution >= 4 is 0 Å². The number of nitrogens with zero attached hydrogens (tertiary/aromatic N) is 3. The van der Waals surface area contributed by atoms with Crippen LogP contribution in [0.4, 0.5) is 13.2 Å². The summed E-state index contributed by atoms with van der Waals surface area (Å²) >= 11 is 0. The number of hydrogen-bond acceptors (Lipinski definition) is 7. The van der Waals surface area contributed by atoms with Crippen molar-refractivity contribution < 1.29 is 32.9 Å². The number of halogens is 3. The van der Waals surface area contributed by atoms with Gasteiger partial charge in [-0.05, 0) is 43.4 Å². The van der Waals surface area contributed by atoms with Crippen LogP contribution in [0.1, 0.15) is 36.5 Å². The highest BCUT2D eigenvalue weighted by molar-refractivity contribution is 5.41. The fraction of sp³-hybridized carbons (Fsp3) is 0.600. The Morgan fingerprint density at radius 3 is 2.35 bits per heavy atom. The van der Waals surface area contributed by atoms with Crippen molar-refractivity contribution in [3.63, 3.8) is 0 Å². The smallest absolute Gasteiger partial charge is 0.415 e. The molecular weight excluding hydrogens is 523 g/mol. The summed E-state index contributed by atoms with van der Waals surface area (Å²) in [6.07, 6.45) is -5.36. The van der Waals surface area contributed by atoms with Gasteiger partial charge in [0.25, 0.3) is 0 Å². The highest BCUT2D eigenvalue weighted by atomic mass is 19.4. The number of aliphatic hydroxyl groups is 2. The van der Waals surface area contributed by atoms with Crippen molar-refractivity contribution in [2.75, 3.05) is 45.8 Å². The van der Waals surface area contributed by atoms with Gasteiger partial charge >= 0.3 is 6.18 Å². The first-order chi connectivity index (χ1) is 19.1. The molecular formula is C30H40F3N3O4. The predicted molar refractivity (Wildman–Crippen MR) is 145 cm³/mol. The molecule has 3 aliphatic heterocycles. The van der Waals surface area contributed by atoms with Crippen LogP contribution in [0, 0.1) is 0 Å². The van der Waals surface area contributed by atoms with Crippen molar-refractivity contribution in [3.05, 3.63) is 59.2 Å². The molecule has 0 aromatic heterocycles. The lowest BCUT2D eigenvalue weighted by Gasteiger charge is -2.33. The van der Waals surface area contributed by atoms with E-state index in [0.717, 1.165) is 30.8 Å². The third kappa shape index (κ3) is 7.67. The van der Waals surface area contributed by atoms with Gasteiger partial charge in [0.1, 0.15) is 23.7 Å². The molecule has 10 heteroatoms. The Hall–Kier alpha value is -2.37. The highest BCUT2D eigenvalue weighted by Gasteiger charge is 2.39. The summed E-state index contributed by atoms with van der Waals surface area (Å²) in [5.74, 6) is 1.44. The molecule has 0 bridgehead atoms. The number of ether oxygens (including phenoxy) is 2. The zero-order valence-electron chi connectivity index (χ0n) is 23.0. The molecule has 2 N–H and O–H groups in total. The molecule has 1 fully saturated rings. The summed E-state index contributed by atoms with van der Waals surface area (Å²) in [6, 6.07) is 14.3. The van der Waals surface area contributed by atoms with E-state index in [0.29, 0.717) is 57.9 Å². The fourth-order valence-electron chi connectivity index (χ4n) is 6.02. The highest BCUT2D eigenvalue weighted by Crippen LogP contribution is 2.31. The van der Waals surface area contributed by atoms with Crippen LogP contribution in [0.3, 0.4) is 0 Å². The Bertz CT molecular complexity index is 1130. The standard InChI is InChI=1S/C30H40F3N3O4/c1-21-15-36(19-25(37)18-35-11-8-22-4-2-3-5-23(22)16-35)17-24-6-7-27(14-28(24)39-21)40-26-9-12-34(13-10-26)20-29(38)30(31,32)33/h2-7,14,21,25-26,29,37-38H,8-13,15-20H2,1H3/t21-,25-,29?/m1/s1. The molecule has 1 unspecified atom stereocenters. The number of aliphatic hydroxyl groups excluding tert-OH is 2. The van der Waals surface area contributed by atoms with E-state index in [2.05, 4.69) is 34.1 Å². The van der Waals surface area contributed by atoms with Crippen molar-refractivity contribution in [2.24, 2.45) is 0 Å². The molecule has 0 aliphatic carbocycles. The molecule has 5 rings (SSSR count). The van der Waals surface area contributed by atoms with E-state index < -0.39 is 24.9 Å². The second-order valence-corrected chi connectivity index (χ2v) is 11.5. The number of alkyl halides is 3. The van der Waals surface area contributed by atoms with Crippen LogP contribution >= 0.6 is 0 Å². The minimum Gasteiger partial charge on any atom is -0.490 e. The third-order valence-electron chi connectivity index (χ3n) is 8.07. The van der Waals surface area contributed by atoms with E-state index in [1.165, 1.54) is 11.1 Å². The first-order valence-electron chi connectivity index (χ1n) is 14.3. The zero-order valence-corrected chi connectivity index (χ0v) is 23.0. The number of hydrogen-bond donors (Lipinski definition) is 2. The number of β-amino-alcohol motifs (C(OH)–C–C–N with tert-alkyl or cyclic N) is 2. The maximum Gasteiger partial charge on any atom is 0.415 e. The minimum atomic E-state index is -4.60. The van der Waals surface area contributed by atoms with Crippen LogP contribution in [-0.4, -0.2) is 101 Å². The Kier molecular flexibility index (Phi) is 9.21. The predicted octanol–water partition coefficient (Wildman–Crippen LogP) is 3.46. The molecule has 0 spiro atoms. The number of fused-ring (bicyclic) bond motifs is 2. The SMILES string of the molecule is C[C@@H]1CN(C[C@H](O)CN2CCc3ccccc3C2)Cc2ccc(OC3CCN(CC(O)C(F)(F)F)CC3)cc2O1. The van der Waals surface area contributed by atoms with Crippen LogP contribution in [0.15, 0.2) is 42.5 Å². The molecule has 1 saturated heterocycles. The summed E-state index contributed by atoms with van der Waals surface area (Å²) in [5, 5.41) is 20.3. The first kappa shape index (κ1) is 29.1. The number of rotatable bonds is 8. The normalized spacial score (nSPS) is 23.0. The van der Waals surface area contributed by atoms with Gasteiger partial charge in [0.05, 0.1) is 6.10 Å². The van der Waals surface area contributed by atoms with E-state index in [-0.39, 0.29) is 12.2 Å². The van der Waals surface area contributed by atoms with Gasteiger partial charge in [0.2, 0.25) is 0 Å². The molecule has 220 valence electrons. The molecule has 0 amide bonds. The monoisotopic (exact) mass is 563 g/mol. The lowest BCUT2D eigenvalue weighted by molar-refractivity contribution is -0.208. The number of likely N-dealkylation sites (tertiary alicyclic amines) is 1. The van der Waals surface area contributed by atoms with Crippen molar-refractivity contribution in [2.45, 2.75) is 69.9 Å². The van der Waals surface area contributed by atoms with Gasteiger partial charge in [-0.3, -0.25) is 9.80 Å². The largest absolute Gasteiger partial charge is 0.490 e. The van der Waals surface area contributed by atoms with Crippen molar-refractivity contribution in [1.29, 1.82) is 0 Å². The van der Waals surface area contributed by atoms with Gasteiger partial charge in [-0.1, -0.05) is 30.3 Å². The number of piperidine rings is 1. The maximum absolute atomic E-state index is 12.7. The third-order valence-corrected chi connectivity index (χ3v) is 8.07. The summed E-state index contributed by atoms with van der Waals surface area (Å²) < 4.78 is 50.4. The molecule has 3 heterocycles. The molecule has 0 radical (unpaired) electrons. The summed E-state index contributed by atoms with van der Waals surface area (Å²) in [4.78, 5) is 6.20. The van der Waals surface area contributed by atoms with E-state index in [9.17, 15) is 23.4 Å². The summed E-state index contributed by atoms with van der Waals surface area (Å²) in [5.41, 5.74) is 3.78. The van der Waals surface area contributed by atoms with Crippen molar-refractivity contribution in [1.82, 2.24) is 14.7 Å². The summed E-state index contributed by atoms with van der Waals surface area (Å²) in [6.45, 7) is 6.88. The topological polar surface area (TPSA) is 68.6 Å². The second-order valence-electron chi connectivity index (χ2n) is 11.5. The first-order valence-corrected chi connectivity index (χ1v) is 14.3. The van der Waals surface area contributed by atoms with E-state index in [1.807, 2.05) is 25.1 Å². The van der Waals surface area contributed by atoms with Gasteiger partial charge in [0, 0.05) is 70.5 Å². The minimum absolute atomic E-state index is 0.0612. The molecule has 40 heavy (non-hydrogen) atoms. The lowest BCUT2D eigenvalue weighted by Crippen LogP contribution is -2.45. The molecule has 2 aromatic rings. The Morgan fingerprint density at radius 1 is 0.900 bits per heavy atom. The van der Waals surface area contributed by atoms with Crippen LogP contribution in [0.25, 0.3) is 0 Å². The zero-order chi connectivity index (χ0) is 28.3. The van der Waals surface area contributed by atoms with Crippen molar-refractivity contribution in [3.8, 4) is 11.5 Å². The van der Waals surface area contributed by atoms with Gasteiger partial charge in [-0.2, -0.15) is 13.2 Å². The van der Waals surface area contributed by atoms with E-state index in [1.54, 1.807) is 4.90 Å². The average Bonchev–Trinajstić information content (AvgIpc) is 3.05. The van der Waals surface area contributed by atoms with Gasteiger partial charge in [0.15, 0.2) is 6.10 Å². The lowest BCUT2D eigenvalue weighted by atomic mass is 10.00. The second kappa shape index (κ2) is 12.7. The quantitative estimate of drug-likeness (QED) is 0.510. The summed E-state index contributed by atoms with van der Waals surface area (Å²) in [7, 11) is 0. The van der Waals surface area contributed by atoms with Gasteiger partial charge < -0.3 is 24.6 Å². The van der Waals surface area contributed by atoms with Gasteiger partial charge in [-0.15, -0.1) is 0 Å². The fourth-order valence-corrected chi connectivity index (χ4v) is 6.02. The molecule has 7 nitrogen and oxygen atoms in total. The van der Waals surface area contributed by atoms with Crippen LogP contribution < -0.4 is 9.47 Å². The maximum atomic E-state index is 12.7. The average molecular weight is 564 g/mol. The Labute approximate surface area is 234 Å². The van der Waals surface area contributed by atoms with Crippen LogP contribution in [0.5, 0.6) is 11.5 Å². The molecule has 0 saturated carbocycles. The Balaban J connectivity index is 1.12. The van der Waals surface area contributed by atoms with Gasteiger partial charge in [-0.25, -0.2) is 0 Å². The van der Waals surface area contributed by atoms with Crippen LogP contribution in [0.2, 0.25) is 0 Å². The Morgan fingerprint density at radius 2 is 1.60 bits per heavy atom. The molecule has 2 aromatic carbocycles. The van der Waals surface area contributed by atoms with E-state index in [4.69, 9.17) is 9.47 Å². The molecule has 3 aliphatic rings. The van der Waals surface area contributed by atoms with Crippen LogP contribution in [-0.2, 0) is 19.5 Å². The number of benzene rings is 2. The van der Waals surface area contributed by atoms with E-state index >= 15 is 0 Å².